The van der Waals surface area contributed by atoms with Gasteiger partial charge in [-0.3, -0.25) is 0 Å². The molecule has 1 N–H and O–H groups in total. The summed E-state index contributed by atoms with van der Waals surface area (Å²) >= 11 is 8.04. The average molecular weight is 332 g/mol. The molecule has 2 aromatic heterocycles. The Balaban J connectivity index is 1.76. The van der Waals surface area contributed by atoms with Crippen LogP contribution >= 0.6 is 23.4 Å². The lowest BCUT2D eigenvalue weighted by Gasteiger charge is -2.14. The summed E-state index contributed by atoms with van der Waals surface area (Å²) in [6.07, 6.45) is 0.830. The van der Waals surface area contributed by atoms with E-state index in [0.29, 0.717) is 5.15 Å². The van der Waals surface area contributed by atoms with Crippen LogP contribution in [0, 0.1) is 6.92 Å². The third-order valence-electron chi connectivity index (χ3n) is 3.80. The Labute approximate surface area is 137 Å². The second-order valence-electron chi connectivity index (χ2n) is 5.23. The summed E-state index contributed by atoms with van der Waals surface area (Å²) in [7, 11) is 0. The molecule has 0 saturated carbocycles. The lowest BCUT2D eigenvalue weighted by atomic mass is 10.1. The van der Waals surface area contributed by atoms with Crippen LogP contribution in [0.2, 0.25) is 5.15 Å². The van der Waals surface area contributed by atoms with Crippen molar-refractivity contribution in [2.45, 2.75) is 30.8 Å². The van der Waals surface area contributed by atoms with Gasteiger partial charge in [-0.15, -0.1) is 10.2 Å². The molecule has 4 rings (SSSR count). The van der Waals surface area contributed by atoms with Crippen molar-refractivity contribution in [1.82, 2.24) is 19.9 Å². The second-order valence-corrected chi connectivity index (χ2v) is 6.66. The van der Waals surface area contributed by atoms with Crippen molar-refractivity contribution in [3.05, 3.63) is 46.4 Å². The number of aryl methyl sites for hydroxylation is 2. The largest absolute Gasteiger partial charge is 0.304 e. The minimum Gasteiger partial charge on any atom is -0.304 e. The molecule has 112 valence electrons. The molecule has 3 heterocycles. The first-order valence-corrected chi connectivity index (χ1v) is 8.36. The van der Waals surface area contributed by atoms with Crippen LogP contribution in [0.4, 0.5) is 0 Å². The van der Waals surface area contributed by atoms with Gasteiger partial charge in [-0.05, 0) is 18.6 Å². The third kappa shape index (κ3) is 2.06. The van der Waals surface area contributed by atoms with E-state index in [-0.39, 0.29) is 5.37 Å². The second kappa shape index (κ2) is 5.14. The number of hydrogen-bond donors (Lipinski definition) is 1. The van der Waals surface area contributed by atoms with E-state index in [9.17, 15) is 0 Å². The van der Waals surface area contributed by atoms with Crippen molar-refractivity contribution < 1.29 is 0 Å². The molecule has 0 saturated heterocycles. The fourth-order valence-electron chi connectivity index (χ4n) is 2.64. The minimum absolute atomic E-state index is 0.000659. The first-order valence-electron chi connectivity index (χ1n) is 7.10. The number of pyridine rings is 1. The fraction of sp³-hybridized carbons (Fsp3) is 0.267. The maximum absolute atomic E-state index is 6.43. The maximum atomic E-state index is 6.43. The molecule has 7 heteroatoms. The van der Waals surface area contributed by atoms with Gasteiger partial charge in [0, 0.05) is 17.4 Å². The van der Waals surface area contributed by atoms with E-state index in [1.165, 1.54) is 0 Å². The summed E-state index contributed by atoms with van der Waals surface area (Å²) in [5.74, 6) is 0.922. The number of benzene rings is 1. The molecule has 1 aliphatic heterocycles. The van der Waals surface area contributed by atoms with Crippen LogP contribution in [0.1, 0.15) is 29.2 Å². The number of nitrogens with zero attached hydrogens (tertiary/aromatic N) is 4. The predicted molar refractivity (Wildman–Crippen MR) is 88.8 cm³/mol. The van der Waals surface area contributed by atoms with Crippen molar-refractivity contribution in [2.24, 2.45) is 0 Å². The van der Waals surface area contributed by atoms with Gasteiger partial charge in [0.15, 0.2) is 5.82 Å². The Kier molecular flexibility index (Phi) is 3.23. The Bertz CT molecular complexity index is 876. The molecule has 0 spiro atoms. The number of halogens is 1. The summed E-state index contributed by atoms with van der Waals surface area (Å²) in [6, 6.07) is 8.25. The van der Waals surface area contributed by atoms with Gasteiger partial charge >= 0.3 is 0 Å². The van der Waals surface area contributed by atoms with Gasteiger partial charge < -0.3 is 5.43 Å². The van der Waals surface area contributed by atoms with Gasteiger partial charge in [-0.25, -0.2) is 9.66 Å². The maximum Gasteiger partial charge on any atom is 0.212 e. The molecule has 0 aliphatic carbocycles. The number of aromatic nitrogens is 4. The molecule has 0 fully saturated rings. The molecular weight excluding hydrogens is 318 g/mol. The van der Waals surface area contributed by atoms with Gasteiger partial charge in [-0.2, -0.15) is 0 Å². The highest BCUT2D eigenvalue weighted by Crippen LogP contribution is 2.41. The van der Waals surface area contributed by atoms with E-state index >= 15 is 0 Å². The highest BCUT2D eigenvalue weighted by molar-refractivity contribution is 7.99. The number of fused-ring (bicyclic) bond motifs is 2. The third-order valence-corrected chi connectivity index (χ3v) is 5.17. The molecule has 1 unspecified atom stereocenters. The van der Waals surface area contributed by atoms with Gasteiger partial charge in [-0.1, -0.05) is 48.5 Å². The summed E-state index contributed by atoms with van der Waals surface area (Å²) in [6.45, 7) is 4.10. The molecule has 5 nitrogen and oxygen atoms in total. The lowest BCUT2D eigenvalue weighted by Crippen LogP contribution is -2.15. The van der Waals surface area contributed by atoms with Crippen molar-refractivity contribution >= 4 is 34.3 Å². The minimum atomic E-state index is 0.000659. The predicted octanol–water partition coefficient (Wildman–Crippen LogP) is 3.70. The van der Waals surface area contributed by atoms with Crippen LogP contribution < -0.4 is 5.43 Å². The van der Waals surface area contributed by atoms with Crippen molar-refractivity contribution in [3.8, 4) is 0 Å². The monoisotopic (exact) mass is 331 g/mol. The number of para-hydroxylation sites is 1. The van der Waals surface area contributed by atoms with E-state index in [2.05, 4.69) is 39.7 Å². The molecule has 1 atom stereocenters. The smallest absolute Gasteiger partial charge is 0.212 e. The highest BCUT2D eigenvalue weighted by atomic mass is 35.5. The van der Waals surface area contributed by atoms with Crippen LogP contribution in [0.15, 0.2) is 29.4 Å². The van der Waals surface area contributed by atoms with Gasteiger partial charge in [0.1, 0.15) is 10.5 Å². The van der Waals surface area contributed by atoms with Gasteiger partial charge in [0.2, 0.25) is 5.16 Å². The summed E-state index contributed by atoms with van der Waals surface area (Å²) < 4.78 is 1.94. The zero-order valence-electron chi connectivity index (χ0n) is 12.2. The highest BCUT2D eigenvalue weighted by Gasteiger charge is 2.29. The number of rotatable bonds is 2. The Hall–Kier alpha value is -1.79. The normalized spacial score (nSPS) is 16.8. The zero-order chi connectivity index (χ0) is 15.3. The van der Waals surface area contributed by atoms with E-state index in [1.54, 1.807) is 11.8 Å². The molecular formula is C15H14ClN5S. The van der Waals surface area contributed by atoms with Crippen molar-refractivity contribution in [2.75, 3.05) is 5.43 Å². The standard InChI is InChI=1S/C15H14ClN5S/c1-3-11-18-19-15-21(11)20-14(22-15)10-7-9-6-4-5-8(2)12(9)17-13(10)16/h4-7,14,20H,3H2,1-2H3. The molecule has 1 aliphatic rings. The molecule has 0 radical (unpaired) electrons. The van der Waals surface area contributed by atoms with Crippen molar-refractivity contribution in [1.29, 1.82) is 0 Å². The van der Waals surface area contributed by atoms with Crippen LogP contribution in [0.5, 0.6) is 0 Å². The van der Waals surface area contributed by atoms with E-state index in [4.69, 9.17) is 11.6 Å². The summed E-state index contributed by atoms with van der Waals surface area (Å²) in [4.78, 5) is 4.58. The SMILES string of the molecule is CCc1nnc2n1NC(c1cc3cccc(C)c3nc1Cl)S2. The van der Waals surface area contributed by atoms with Crippen molar-refractivity contribution in [3.63, 3.8) is 0 Å². The number of hydrogen-bond acceptors (Lipinski definition) is 5. The first-order chi connectivity index (χ1) is 10.7. The van der Waals surface area contributed by atoms with Gasteiger partial charge in [0.05, 0.1) is 5.52 Å². The fourth-order valence-corrected chi connectivity index (χ4v) is 3.98. The zero-order valence-corrected chi connectivity index (χ0v) is 13.7. The molecule has 3 aromatic rings. The average Bonchev–Trinajstić information content (AvgIpc) is 3.07. The molecule has 0 bridgehead atoms. The summed E-state index contributed by atoms with van der Waals surface area (Å²) in [5, 5.41) is 10.8. The summed E-state index contributed by atoms with van der Waals surface area (Å²) in [5.41, 5.74) is 6.45. The first kappa shape index (κ1) is 13.8. The van der Waals surface area contributed by atoms with Crippen LogP contribution in [-0.4, -0.2) is 19.9 Å². The van der Waals surface area contributed by atoms with Gasteiger partial charge in [0.25, 0.3) is 0 Å². The Morgan fingerprint density at radius 3 is 3.05 bits per heavy atom. The molecule has 22 heavy (non-hydrogen) atoms. The van der Waals surface area contributed by atoms with E-state index in [1.807, 2.05) is 23.7 Å². The van der Waals surface area contributed by atoms with E-state index < -0.39 is 0 Å². The molecule has 0 amide bonds. The number of thioether (sulfide) groups is 1. The Morgan fingerprint density at radius 1 is 1.36 bits per heavy atom. The van der Waals surface area contributed by atoms with Crippen LogP contribution in [0.3, 0.4) is 0 Å². The van der Waals surface area contributed by atoms with E-state index in [0.717, 1.165) is 39.4 Å². The lowest BCUT2D eigenvalue weighted by molar-refractivity contribution is 0.739. The molecule has 1 aromatic carbocycles. The van der Waals surface area contributed by atoms with Crippen LogP contribution in [0.25, 0.3) is 10.9 Å². The Morgan fingerprint density at radius 2 is 2.23 bits per heavy atom. The van der Waals surface area contributed by atoms with Crippen LogP contribution in [-0.2, 0) is 6.42 Å². The quantitative estimate of drug-likeness (QED) is 0.726. The number of nitrogens with one attached hydrogen (secondary N) is 1. The topological polar surface area (TPSA) is 55.6 Å².